The van der Waals surface area contributed by atoms with Crippen LogP contribution in [0.25, 0.3) is 66.7 Å². The van der Waals surface area contributed by atoms with Crippen molar-refractivity contribution < 1.29 is 24.5 Å². The molecule has 8 rings (SSSR count). The third-order valence-corrected chi connectivity index (χ3v) is 10.3. The van der Waals surface area contributed by atoms with E-state index in [-0.39, 0.29) is 20.1 Å². The van der Waals surface area contributed by atoms with Gasteiger partial charge in [0.1, 0.15) is 0 Å². The van der Waals surface area contributed by atoms with Crippen LogP contribution in [0, 0.1) is 26.0 Å². The van der Waals surface area contributed by atoms with E-state index in [1.54, 1.807) is 0 Å². The van der Waals surface area contributed by atoms with Gasteiger partial charge in [0, 0.05) is 55.0 Å². The predicted molar refractivity (Wildman–Crippen MR) is 191 cm³/mol. The molecule has 5 heterocycles. The second-order valence-corrected chi connectivity index (χ2v) is 17.7. The van der Waals surface area contributed by atoms with Crippen molar-refractivity contribution in [2.24, 2.45) is 0 Å². The van der Waals surface area contributed by atoms with Gasteiger partial charge in [-0.15, -0.1) is 54.1 Å². The second-order valence-electron chi connectivity index (χ2n) is 12.6. The van der Waals surface area contributed by atoms with Gasteiger partial charge < -0.3 is 14.0 Å². The van der Waals surface area contributed by atoms with Gasteiger partial charge >= 0.3 is 0 Å². The number of aromatic nitrogens is 5. The zero-order valence-corrected chi connectivity index (χ0v) is 30.7. The van der Waals surface area contributed by atoms with Gasteiger partial charge in [-0.2, -0.15) is 0 Å². The predicted octanol–water partition coefficient (Wildman–Crippen LogP) is 9.07. The number of furan rings is 1. The first-order chi connectivity index (χ1) is 22.2. The summed E-state index contributed by atoms with van der Waals surface area (Å²) in [5, 5.41) is 4.54. The summed E-state index contributed by atoms with van der Waals surface area (Å²) < 4.78 is 8.42. The van der Waals surface area contributed by atoms with Crippen LogP contribution in [0.3, 0.4) is 0 Å². The van der Waals surface area contributed by atoms with E-state index in [2.05, 4.69) is 89.6 Å². The Balaban J connectivity index is 0.000000194. The van der Waals surface area contributed by atoms with E-state index in [1.165, 1.54) is 5.19 Å². The number of hydrogen-bond donors (Lipinski definition) is 0. The zero-order chi connectivity index (χ0) is 32.0. The molecular weight excluding hydrogens is 775 g/mol. The van der Waals surface area contributed by atoms with Crippen molar-refractivity contribution in [3.8, 4) is 22.6 Å². The maximum absolute atomic E-state index is 6.21. The average molecular weight is 810 g/mol. The van der Waals surface area contributed by atoms with Gasteiger partial charge in [0.05, 0.1) is 36.0 Å². The van der Waals surface area contributed by atoms with Crippen molar-refractivity contribution in [2.75, 3.05) is 0 Å². The van der Waals surface area contributed by atoms with Crippen molar-refractivity contribution in [3.05, 3.63) is 115 Å². The van der Waals surface area contributed by atoms with Crippen LogP contribution in [0.2, 0.25) is 19.6 Å². The van der Waals surface area contributed by atoms with Gasteiger partial charge in [0.25, 0.3) is 0 Å². The number of aryl methyl sites for hydroxylation is 3. The molecule has 0 saturated carbocycles. The molecule has 0 bridgehead atoms. The molecule has 237 valence electrons. The van der Waals surface area contributed by atoms with Crippen molar-refractivity contribution in [3.63, 3.8) is 0 Å². The van der Waals surface area contributed by atoms with Crippen LogP contribution in [-0.2, 0) is 26.7 Å². The zero-order valence-electron chi connectivity index (χ0n) is 27.3. The Morgan fingerprint density at radius 3 is 2.30 bits per heavy atom. The molecule has 0 unspecified atom stereocenters. The molecule has 0 aliphatic rings. The molecule has 0 amide bonds. The summed E-state index contributed by atoms with van der Waals surface area (Å²) in [7, 11) is -1.23. The molecule has 0 N–H and O–H groups in total. The summed E-state index contributed by atoms with van der Waals surface area (Å²) in [5.41, 5.74) is 9.19. The molecule has 3 aromatic carbocycles. The fourth-order valence-corrected chi connectivity index (χ4v) is 6.86. The standard InChI is InChI=1S/C25H19N4O.C14H16NSi.Ir/c1-4-29-22-20(13-11-16-10-8-14(2)26-21(16)22)28-24(29)19-7-5-6-17-18-12-9-15(3)27-25(18)30-23(17)19;1-16(2,3)13-9-10-14(15-11-13)12-7-5-4-6-8-12;/h5-6,8-13H,4H2,1-3H3;4-7,9-11H,1-3H3;/q2*-1;. The van der Waals surface area contributed by atoms with Gasteiger partial charge in [-0.25, -0.2) is 4.98 Å². The Kier molecular flexibility index (Phi) is 8.94. The minimum Gasteiger partial charge on any atom is -0.486 e. The van der Waals surface area contributed by atoms with E-state index >= 15 is 0 Å². The molecule has 0 aliphatic carbocycles. The van der Waals surface area contributed by atoms with E-state index < -0.39 is 8.07 Å². The maximum Gasteiger partial charge on any atom is 0.216 e. The molecule has 0 fully saturated rings. The molecule has 47 heavy (non-hydrogen) atoms. The first-order valence-corrected chi connectivity index (χ1v) is 19.1. The van der Waals surface area contributed by atoms with Crippen LogP contribution in [0.4, 0.5) is 0 Å². The molecule has 0 aliphatic heterocycles. The Morgan fingerprint density at radius 1 is 0.787 bits per heavy atom. The Labute approximate surface area is 289 Å². The molecular formula is C39H35IrN5OSi-2. The summed E-state index contributed by atoms with van der Waals surface area (Å²) in [6.45, 7) is 13.9. The normalized spacial score (nSPS) is 11.5. The van der Waals surface area contributed by atoms with E-state index in [0.29, 0.717) is 5.71 Å². The largest absolute Gasteiger partial charge is 0.486 e. The summed E-state index contributed by atoms with van der Waals surface area (Å²) >= 11 is 0. The first-order valence-electron chi connectivity index (χ1n) is 15.6. The molecule has 5 aromatic heterocycles. The van der Waals surface area contributed by atoms with Crippen LogP contribution in [-0.4, -0.2) is 32.6 Å². The van der Waals surface area contributed by atoms with Gasteiger partial charge in [-0.1, -0.05) is 54.9 Å². The summed E-state index contributed by atoms with van der Waals surface area (Å²) in [4.78, 5) is 18.9. The Bertz CT molecular complexity index is 2360. The summed E-state index contributed by atoms with van der Waals surface area (Å²) in [6, 6.07) is 35.2. The number of fused-ring (bicyclic) bond motifs is 6. The Hall–Kier alpha value is -4.49. The van der Waals surface area contributed by atoms with Crippen LogP contribution in [0.1, 0.15) is 18.3 Å². The number of rotatable bonds is 4. The number of imidazole rings is 1. The van der Waals surface area contributed by atoms with Crippen molar-refractivity contribution >= 4 is 57.3 Å². The Morgan fingerprint density at radius 2 is 1.57 bits per heavy atom. The fraction of sp³-hybridized carbons (Fsp3) is 0.179. The van der Waals surface area contributed by atoms with Crippen molar-refractivity contribution in [1.29, 1.82) is 0 Å². The number of hydrogen-bond acceptors (Lipinski definition) is 5. The fourth-order valence-electron chi connectivity index (χ4n) is 5.83. The van der Waals surface area contributed by atoms with E-state index in [0.717, 1.165) is 78.9 Å². The van der Waals surface area contributed by atoms with E-state index in [4.69, 9.17) is 14.4 Å². The summed E-state index contributed by atoms with van der Waals surface area (Å²) in [6.07, 6.45) is 2.02. The third kappa shape index (κ3) is 6.17. The van der Waals surface area contributed by atoms with Crippen LogP contribution in [0.5, 0.6) is 0 Å². The number of benzene rings is 3. The van der Waals surface area contributed by atoms with Crippen molar-refractivity contribution in [1.82, 2.24) is 24.5 Å². The summed E-state index contributed by atoms with van der Waals surface area (Å²) in [5.74, 6) is 0.838. The molecule has 0 atom stereocenters. The number of nitrogens with zero attached hydrogens (tertiary/aromatic N) is 5. The average Bonchev–Trinajstić information content (AvgIpc) is 3.63. The SMILES string of the molecule is CCn1c(-c2[c-]ccc3c2oc2nc(C)ccc23)nc2ccc3ccc(C)nc3c21.C[Si](C)(C)c1ccc(-c2[c-]cccc2)nc1.[Ir]. The topological polar surface area (TPSA) is 69.6 Å². The molecule has 0 saturated heterocycles. The molecule has 1 radical (unpaired) electrons. The van der Waals surface area contributed by atoms with Gasteiger partial charge in [-0.3, -0.25) is 9.97 Å². The minimum atomic E-state index is -1.23. The van der Waals surface area contributed by atoms with Gasteiger partial charge in [-0.05, 0) is 55.9 Å². The monoisotopic (exact) mass is 810 g/mol. The molecule has 8 heteroatoms. The molecule has 0 spiro atoms. The third-order valence-electron chi connectivity index (χ3n) is 8.30. The maximum atomic E-state index is 6.21. The first kappa shape index (κ1) is 32.4. The van der Waals surface area contributed by atoms with Crippen LogP contribution < -0.4 is 5.19 Å². The van der Waals surface area contributed by atoms with Gasteiger partial charge in [0.15, 0.2) is 0 Å². The van der Waals surface area contributed by atoms with Crippen LogP contribution in [0.15, 0.2) is 95.5 Å². The smallest absolute Gasteiger partial charge is 0.216 e. The molecule has 6 nitrogen and oxygen atoms in total. The second kappa shape index (κ2) is 13.0. The molecule has 8 aromatic rings. The van der Waals surface area contributed by atoms with Crippen molar-refractivity contribution in [2.45, 2.75) is 47.0 Å². The van der Waals surface area contributed by atoms with E-state index in [1.807, 2.05) is 68.6 Å². The quantitative estimate of drug-likeness (QED) is 0.131. The number of pyridine rings is 3. The van der Waals surface area contributed by atoms with Gasteiger partial charge in [0.2, 0.25) is 5.71 Å². The van der Waals surface area contributed by atoms with E-state index in [9.17, 15) is 0 Å². The van der Waals surface area contributed by atoms with Crippen LogP contribution >= 0.6 is 0 Å². The minimum absolute atomic E-state index is 0.